The zero-order chi connectivity index (χ0) is 37.9. The van der Waals surface area contributed by atoms with Gasteiger partial charge in [-0.15, -0.1) is 0 Å². The molecule has 0 unspecified atom stereocenters. The summed E-state index contributed by atoms with van der Waals surface area (Å²) in [5.74, 6) is 0.895. The van der Waals surface area contributed by atoms with E-state index in [-0.39, 0.29) is 5.41 Å². The minimum Gasteiger partial charge on any atom is -0.494 e. The van der Waals surface area contributed by atoms with E-state index < -0.39 is 0 Å². The summed E-state index contributed by atoms with van der Waals surface area (Å²) in [6, 6.07) is 55.2. The first-order valence-electron chi connectivity index (χ1n) is 20.1. The molecule has 0 aromatic heterocycles. The first-order chi connectivity index (χ1) is 27.5. The fourth-order valence-corrected chi connectivity index (χ4v) is 8.26. The number of hydrogen-bond acceptors (Lipinski definition) is 4. The summed E-state index contributed by atoms with van der Waals surface area (Å²) in [7, 11) is 0. The Kier molecular flexibility index (Phi) is 10.2. The van der Waals surface area contributed by atoms with E-state index in [1.54, 1.807) is 0 Å². The number of aryl methyl sites for hydroxylation is 1. The van der Waals surface area contributed by atoms with Crippen molar-refractivity contribution in [2.45, 2.75) is 39.5 Å². The molecule has 1 aliphatic rings. The van der Waals surface area contributed by atoms with Crippen LogP contribution in [0.3, 0.4) is 0 Å². The SMILES string of the molecule is Cc1ccc2ccc3c(-c4ccc(N(c5ccc(OCCCCCCOCC6(C)COC6)cc5)c5ccc(-c6ccccc6)cc5)cc4)ccc4ccc1c2c43. The molecule has 0 N–H and O–H groups in total. The van der Waals surface area contributed by atoms with Crippen molar-refractivity contribution in [1.29, 1.82) is 0 Å². The molecule has 0 atom stereocenters. The van der Waals surface area contributed by atoms with Crippen LogP contribution in [0.2, 0.25) is 0 Å². The van der Waals surface area contributed by atoms with Crippen LogP contribution >= 0.6 is 0 Å². The maximum atomic E-state index is 6.20. The molecule has 8 aromatic rings. The van der Waals surface area contributed by atoms with Crippen molar-refractivity contribution >= 4 is 49.4 Å². The van der Waals surface area contributed by atoms with Crippen molar-refractivity contribution in [3.8, 4) is 28.0 Å². The molecule has 1 fully saturated rings. The maximum absolute atomic E-state index is 6.20. The van der Waals surface area contributed by atoms with Gasteiger partial charge in [0.05, 0.1) is 26.4 Å². The topological polar surface area (TPSA) is 30.9 Å². The van der Waals surface area contributed by atoms with Crippen LogP contribution in [0.15, 0.2) is 152 Å². The summed E-state index contributed by atoms with van der Waals surface area (Å²) < 4.78 is 17.4. The Balaban J connectivity index is 0.935. The summed E-state index contributed by atoms with van der Waals surface area (Å²) in [4.78, 5) is 2.33. The lowest BCUT2D eigenvalue weighted by Crippen LogP contribution is -2.43. The Bertz CT molecular complexity index is 2540. The highest BCUT2D eigenvalue weighted by Crippen LogP contribution is 2.42. The first-order valence-corrected chi connectivity index (χ1v) is 20.1. The monoisotopic (exact) mass is 735 g/mol. The highest BCUT2D eigenvalue weighted by molar-refractivity contribution is 6.26. The van der Waals surface area contributed by atoms with Gasteiger partial charge in [0.15, 0.2) is 0 Å². The van der Waals surface area contributed by atoms with Gasteiger partial charge in [-0.05, 0) is 135 Å². The molecule has 0 radical (unpaired) electrons. The van der Waals surface area contributed by atoms with Gasteiger partial charge in [-0.3, -0.25) is 0 Å². The maximum Gasteiger partial charge on any atom is 0.119 e. The van der Waals surface area contributed by atoms with E-state index in [0.717, 1.165) is 74.9 Å². The van der Waals surface area contributed by atoms with E-state index in [0.29, 0.717) is 6.61 Å². The Hall–Kier alpha value is -5.68. The molecule has 1 heterocycles. The molecule has 1 aliphatic heterocycles. The van der Waals surface area contributed by atoms with Gasteiger partial charge in [0, 0.05) is 29.1 Å². The summed E-state index contributed by atoms with van der Waals surface area (Å²) in [6.07, 6.45) is 4.42. The van der Waals surface area contributed by atoms with Gasteiger partial charge in [-0.1, -0.05) is 116 Å². The lowest BCUT2D eigenvalue weighted by Gasteiger charge is -2.37. The van der Waals surface area contributed by atoms with Crippen molar-refractivity contribution in [2.24, 2.45) is 5.41 Å². The van der Waals surface area contributed by atoms with Crippen LogP contribution in [0.25, 0.3) is 54.6 Å². The third kappa shape index (κ3) is 7.35. The van der Waals surface area contributed by atoms with E-state index >= 15 is 0 Å². The number of ether oxygens (including phenoxy) is 3. The lowest BCUT2D eigenvalue weighted by molar-refractivity contribution is -0.137. The molecule has 0 saturated carbocycles. The molecule has 0 amide bonds. The number of unbranched alkanes of at least 4 members (excludes halogenated alkanes) is 3. The van der Waals surface area contributed by atoms with E-state index in [4.69, 9.17) is 14.2 Å². The van der Waals surface area contributed by atoms with Crippen LogP contribution in [0.5, 0.6) is 5.75 Å². The molecular weight excluding hydrogens is 687 g/mol. The zero-order valence-corrected chi connectivity index (χ0v) is 32.5. The first kappa shape index (κ1) is 36.0. The number of hydrogen-bond donors (Lipinski definition) is 0. The van der Waals surface area contributed by atoms with E-state index in [1.807, 2.05) is 0 Å². The molecule has 4 heteroatoms. The quantitative estimate of drug-likeness (QED) is 0.0775. The third-order valence-electron chi connectivity index (χ3n) is 11.4. The van der Waals surface area contributed by atoms with Gasteiger partial charge in [0.2, 0.25) is 0 Å². The molecule has 280 valence electrons. The normalized spacial score (nSPS) is 13.7. The molecule has 0 aliphatic carbocycles. The number of rotatable bonds is 15. The van der Waals surface area contributed by atoms with Gasteiger partial charge >= 0.3 is 0 Å². The summed E-state index contributed by atoms with van der Waals surface area (Å²) >= 11 is 0. The Morgan fingerprint density at radius 3 is 1.75 bits per heavy atom. The Morgan fingerprint density at radius 1 is 0.536 bits per heavy atom. The van der Waals surface area contributed by atoms with Crippen LogP contribution in [0, 0.1) is 12.3 Å². The van der Waals surface area contributed by atoms with Gasteiger partial charge in [0.25, 0.3) is 0 Å². The van der Waals surface area contributed by atoms with E-state index in [1.165, 1.54) is 60.1 Å². The Labute approximate surface area is 330 Å². The molecule has 0 spiro atoms. The van der Waals surface area contributed by atoms with Crippen LogP contribution in [-0.2, 0) is 9.47 Å². The second-order valence-corrected chi connectivity index (χ2v) is 15.8. The smallest absolute Gasteiger partial charge is 0.119 e. The van der Waals surface area contributed by atoms with Crippen molar-refractivity contribution in [1.82, 2.24) is 0 Å². The zero-order valence-electron chi connectivity index (χ0n) is 32.5. The minimum absolute atomic E-state index is 0.227. The average Bonchev–Trinajstić information content (AvgIpc) is 3.23. The van der Waals surface area contributed by atoms with Crippen molar-refractivity contribution in [3.05, 3.63) is 157 Å². The lowest BCUT2D eigenvalue weighted by atomic mass is 9.88. The Morgan fingerprint density at radius 2 is 1.09 bits per heavy atom. The van der Waals surface area contributed by atoms with Crippen LogP contribution < -0.4 is 9.64 Å². The summed E-state index contributed by atoms with van der Waals surface area (Å²) in [5, 5.41) is 7.92. The van der Waals surface area contributed by atoms with E-state index in [2.05, 4.69) is 170 Å². The van der Waals surface area contributed by atoms with Gasteiger partial charge in [0.1, 0.15) is 5.75 Å². The average molecular weight is 736 g/mol. The predicted octanol–water partition coefficient (Wildman–Crippen LogP) is 13.7. The molecule has 1 saturated heterocycles. The predicted molar refractivity (Wildman–Crippen MR) is 234 cm³/mol. The number of anilines is 3. The molecule has 0 bridgehead atoms. The summed E-state index contributed by atoms with van der Waals surface area (Å²) in [5.41, 5.74) is 9.69. The fourth-order valence-electron chi connectivity index (χ4n) is 8.26. The highest BCUT2D eigenvalue weighted by atomic mass is 16.5. The standard InChI is InChI=1S/C52H49NO3/c1-37-12-13-41-20-31-49-48(30-19-42-18-29-47(37)50(41)51(42)49)40-16-23-44(24-17-40)53(43-21-14-39(15-22-43)38-10-6-5-7-11-38)45-25-27-46(28-26-45)56-33-9-4-3-8-32-54-34-52(2)35-55-36-52/h5-7,10-31H,3-4,8-9,32-36H2,1-2H3. The van der Waals surface area contributed by atoms with Crippen LogP contribution in [0.4, 0.5) is 17.1 Å². The molecule has 9 rings (SSSR count). The van der Waals surface area contributed by atoms with Crippen molar-refractivity contribution in [3.63, 3.8) is 0 Å². The van der Waals surface area contributed by atoms with Crippen molar-refractivity contribution in [2.75, 3.05) is 37.9 Å². The fraction of sp³-hybridized carbons (Fsp3) is 0.231. The van der Waals surface area contributed by atoms with Crippen molar-refractivity contribution < 1.29 is 14.2 Å². The van der Waals surface area contributed by atoms with Crippen LogP contribution in [0.1, 0.15) is 38.2 Å². The molecule has 56 heavy (non-hydrogen) atoms. The van der Waals surface area contributed by atoms with Gasteiger partial charge < -0.3 is 19.1 Å². The second kappa shape index (κ2) is 15.8. The van der Waals surface area contributed by atoms with Crippen LogP contribution in [-0.4, -0.2) is 33.0 Å². The second-order valence-electron chi connectivity index (χ2n) is 15.8. The van der Waals surface area contributed by atoms with Gasteiger partial charge in [-0.25, -0.2) is 0 Å². The molecular formula is C52H49NO3. The number of benzene rings is 8. The minimum atomic E-state index is 0.227. The third-order valence-corrected chi connectivity index (χ3v) is 11.4. The number of nitrogens with zero attached hydrogens (tertiary/aromatic N) is 1. The van der Waals surface area contributed by atoms with Gasteiger partial charge in [-0.2, -0.15) is 0 Å². The summed E-state index contributed by atoms with van der Waals surface area (Å²) in [6.45, 7) is 8.42. The molecule has 4 nitrogen and oxygen atoms in total. The largest absolute Gasteiger partial charge is 0.494 e. The highest BCUT2D eigenvalue weighted by Gasteiger charge is 2.33. The molecule has 8 aromatic carbocycles. The van der Waals surface area contributed by atoms with E-state index in [9.17, 15) is 0 Å².